The van der Waals surface area contributed by atoms with Crippen molar-refractivity contribution in [3.63, 3.8) is 0 Å². The van der Waals surface area contributed by atoms with Gasteiger partial charge in [0.2, 0.25) is 5.91 Å². The average molecular weight is 287 g/mol. The minimum Gasteiger partial charge on any atom is -0.465 e. The van der Waals surface area contributed by atoms with Gasteiger partial charge in [-0.25, -0.2) is 0 Å². The van der Waals surface area contributed by atoms with Crippen molar-refractivity contribution in [2.75, 3.05) is 25.4 Å². The Bertz CT molecular complexity index is 317. The molecule has 0 saturated carbocycles. The molecule has 19 heavy (non-hydrogen) atoms. The highest BCUT2D eigenvalue weighted by atomic mass is 32.2. The third-order valence-corrected chi connectivity index (χ3v) is 4.37. The number of hydrogen-bond donors (Lipinski definition) is 0. The number of amides is 1. The fourth-order valence-corrected chi connectivity index (χ4v) is 2.82. The van der Waals surface area contributed by atoms with Crippen LogP contribution in [0.4, 0.5) is 0 Å². The van der Waals surface area contributed by atoms with Crippen LogP contribution in [0.5, 0.6) is 0 Å². The zero-order chi connectivity index (χ0) is 14.5. The maximum atomic E-state index is 11.9. The standard InChI is InChI=1S/C14H25NO3S/c1-11(16)15-7-5-12(6-8-15)13(17)18-9-10-19-14(2,3)4/h12H,5-10H2,1-4H3. The third kappa shape index (κ3) is 6.32. The number of ether oxygens (including phenoxy) is 1. The molecule has 1 aliphatic heterocycles. The van der Waals surface area contributed by atoms with Gasteiger partial charge in [0, 0.05) is 30.5 Å². The molecule has 0 aromatic carbocycles. The SMILES string of the molecule is CC(=O)N1CCC(C(=O)OCCSC(C)(C)C)CC1. The van der Waals surface area contributed by atoms with Gasteiger partial charge in [-0.1, -0.05) is 20.8 Å². The van der Waals surface area contributed by atoms with Crippen LogP contribution >= 0.6 is 11.8 Å². The van der Waals surface area contributed by atoms with Crippen molar-refractivity contribution < 1.29 is 14.3 Å². The highest BCUT2D eigenvalue weighted by Gasteiger charge is 2.27. The predicted octanol–water partition coefficient (Wildman–Crippen LogP) is 2.32. The lowest BCUT2D eigenvalue weighted by molar-refractivity contribution is -0.150. The first-order valence-electron chi connectivity index (χ1n) is 6.86. The van der Waals surface area contributed by atoms with E-state index in [1.807, 2.05) is 0 Å². The first-order chi connectivity index (χ1) is 8.79. The van der Waals surface area contributed by atoms with Crippen molar-refractivity contribution in [1.82, 2.24) is 4.90 Å². The van der Waals surface area contributed by atoms with E-state index in [4.69, 9.17) is 4.74 Å². The van der Waals surface area contributed by atoms with Gasteiger partial charge in [0.05, 0.1) is 5.92 Å². The first kappa shape index (κ1) is 16.3. The van der Waals surface area contributed by atoms with Crippen LogP contribution in [0.3, 0.4) is 0 Å². The maximum Gasteiger partial charge on any atom is 0.309 e. The molecule has 1 saturated heterocycles. The van der Waals surface area contributed by atoms with E-state index in [1.54, 1.807) is 23.6 Å². The van der Waals surface area contributed by atoms with Crippen molar-refractivity contribution in [3.05, 3.63) is 0 Å². The Morgan fingerprint density at radius 2 is 1.84 bits per heavy atom. The minimum absolute atomic E-state index is 0.0322. The average Bonchev–Trinajstić information content (AvgIpc) is 2.33. The molecule has 1 fully saturated rings. The summed E-state index contributed by atoms with van der Waals surface area (Å²) in [6.45, 7) is 9.85. The summed E-state index contributed by atoms with van der Waals surface area (Å²) in [5, 5.41) is 0. The number of carbonyl (C=O) groups is 2. The van der Waals surface area contributed by atoms with E-state index in [0.29, 0.717) is 19.7 Å². The Hall–Kier alpha value is -0.710. The Morgan fingerprint density at radius 3 is 2.32 bits per heavy atom. The number of thioether (sulfide) groups is 1. The van der Waals surface area contributed by atoms with Gasteiger partial charge >= 0.3 is 5.97 Å². The van der Waals surface area contributed by atoms with Crippen molar-refractivity contribution in [3.8, 4) is 0 Å². The summed E-state index contributed by atoms with van der Waals surface area (Å²) in [4.78, 5) is 24.8. The molecule has 0 radical (unpaired) electrons. The van der Waals surface area contributed by atoms with Crippen LogP contribution in [0.15, 0.2) is 0 Å². The van der Waals surface area contributed by atoms with Gasteiger partial charge in [0.1, 0.15) is 6.61 Å². The molecule has 0 aromatic heterocycles. The zero-order valence-corrected chi connectivity index (χ0v) is 13.2. The summed E-state index contributed by atoms with van der Waals surface area (Å²) in [5.41, 5.74) is 0. The van der Waals surface area contributed by atoms with Crippen LogP contribution in [0, 0.1) is 5.92 Å². The number of hydrogen-bond acceptors (Lipinski definition) is 4. The lowest BCUT2D eigenvalue weighted by Crippen LogP contribution is -2.39. The molecular weight excluding hydrogens is 262 g/mol. The molecule has 0 N–H and O–H groups in total. The van der Waals surface area contributed by atoms with Gasteiger partial charge in [0.25, 0.3) is 0 Å². The van der Waals surface area contributed by atoms with Gasteiger partial charge in [-0.2, -0.15) is 11.8 Å². The number of likely N-dealkylation sites (tertiary alicyclic amines) is 1. The Kier molecular flexibility index (Phi) is 6.17. The van der Waals surface area contributed by atoms with Gasteiger partial charge in [-0.15, -0.1) is 0 Å². The largest absolute Gasteiger partial charge is 0.465 e. The summed E-state index contributed by atoms with van der Waals surface area (Å²) in [7, 11) is 0. The number of carbonyl (C=O) groups excluding carboxylic acids is 2. The molecule has 0 bridgehead atoms. The quantitative estimate of drug-likeness (QED) is 0.588. The summed E-state index contributed by atoms with van der Waals surface area (Å²) < 4.78 is 5.52. The molecular formula is C14H25NO3S. The van der Waals surface area contributed by atoms with E-state index in [1.165, 1.54) is 0 Å². The zero-order valence-electron chi connectivity index (χ0n) is 12.4. The molecule has 0 atom stereocenters. The molecule has 1 amide bonds. The van der Waals surface area contributed by atoms with Crippen molar-refractivity contribution >= 4 is 23.6 Å². The van der Waals surface area contributed by atoms with Crippen LogP contribution in [0.2, 0.25) is 0 Å². The lowest BCUT2D eigenvalue weighted by atomic mass is 9.97. The molecule has 0 spiro atoms. The Balaban J connectivity index is 2.19. The molecule has 110 valence electrons. The predicted molar refractivity (Wildman–Crippen MR) is 78.1 cm³/mol. The maximum absolute atomic E-state index is 11.9. The minimum atomic E-state index is -0.0993. The molecule has 0 aliphatic carbocycles. The van der Waals surface area contributed by atoms with Crippen LogP contribution in [-0.2, 0) is 14.3 Å². The number of nitrogens with zero attached hydrogens (tertiary/aromatic N) is 1. The van der Waals surface area contributed by atoms with Gasteiger partial charge in [-0.3, -0.25) is 9.59 Å². The van der Waals surface area contributed by atoms with Crippen molar-refractivity contribution in [2.45, 2.75) is 45.3 Å². The molecule has 5 heteroatoms. The van der Waals surface area contributed by atoms with Crippen LogP contribution in [0.1, 0.15) is 40.5 Å². The van der Waals surface area contributed by atoms with Crippen molar-refractivity contribution in [1.29, 1.82) is 0 Å². The fraction of sp³-hybridized carbons (Fsp3) is 0.857. The summed E-state index contributed by atoms with van der Waals surface area (Å²) >= 11 is 1.80. The topological polar surface area (TPSA) is 46.6 Å². The number of piperidine rings is 1. The highest BCUT2D eigenvalue weighted by Crippen LogP contribution is 2.23. The van der Waals surface area contributed by atoms with Crippen molar-refractivity contribution in [2.24, 2.45) is 5.92 Å². The smallest absolute Gasteiger partial charge is 0.309 e. The second-order valence-corrected chi connectivity index (χ2v) is 7.83. The van der Waals surface area contributed by atoms with Crippen LogP contribution in [0.25, 0.3) is 0 Å². The fourth-order valence-electron chi connectivity index (χ4n) is 2.04. The summed E-state index contributed by atoms with van der Waals surface area (Å²) in [5.74, 6) is 0.794. The lowest BCUT2D eigenvalue weighted by Gasteiger charge is -2.30. The van der Waals surface area contributed by atoms with E-state index in [-0.39, 0.29) is 22.5 Å². The number of rotatable bonds is 4. The molecule has 1 rings (SSSR count). The molecule has 4 nitrogen and oxygen atoms in total. The highest BCUT2D eigenvalue weighted by molar-refractivity contribution is 8.00. The first-order valence-corrected chi connectivity index (χ1v) is 7.84. The number of esters is 1. The van der Waals surface area contributed by atoms with Crippen LogP contribution < -0.4 is 0 Å². The molecule has 0 aromatic rings. The summed E-state index contributed by atoms with van der Waals surface area (Å²) in [6.07, 6.45) is 1.45. The van der Waals surface area contributed by atoms with E-state index in [0.717, 1.165) is 18.6 Å². The van der Waals surface area contributed by atoms with Crippen LogP contribution in [-0.4, -0.2) is 47.0 Å². The second kappa shape index (κ2) is 7.17. The van der Waals surface area contributed by atoms with E-state index in [9.17, 15) is 9.59 Å². The van der Waals surface area contributed by atoms with Gasteiger partial charge < -0.3 is 9.64 Å². The second-order valence-electron chi connectivity index (χ2n) is 5.91. The molecule has 0 unspecified atom stereocenters. The Labute approximate surface area is 120 Å². The molecule has 1 aliphatic rings. The third-order valence-electron chi connectivity index (χ3n) is 3.14. The molecule has 1 heterocycles. The van der Waals surface area contributed by atoms with E-state index >= 15 is 0 Å². The van der Waals surface area contributed by atoms with E-state index < -0.39 is 0 Å². The summed E-state index contributed by atoms with van der Waals surface area (Å²) in [6, 6.07) is 0. The monoisotopic (exact) mass is 287 g/mol. The van der Waals surface area contributed by atoms with Gasteiger partial charge in [-0.05, 0) is 12.8 Å². The van der Waals surface area contributed by atoms with Gasteiger partial charge in [0.15, 0.2) is 0 Å². The normalized spacial score (nSPS) is 17.4. The van der Waals surface area contributed by atoms with E-state index in [2.05, 4.69) is 20.8 Å². The Morgan fingerprint density at radius 1 is 1.26 bits per heavy atom.